The number of carbonyl (C=O) groups is 3. The number of amides is 3. The molecule has 0 fully saturated rings. The maximum Gasteiger partial charge on any atom is 0.272 e. The van der Waals surface area contributed by atoms with Gasteiger partial charge in [-0.15, -0.1) is 11.8 Å². The van der Waals surface area contributed by atoms with Gasteiger partial charge in [0.1, 0.15) is 5.70 Å². The largest absolute Gasteiger partial charge is 0.325 e. The first-order chi connectivity index (χ1) is 19.3. The van der Waals surface area contributed by atoms with Gasteiger partial charge in [0.05, 0.1) is 5.25 Å². The van der Waals surface area contributed by atoms with Crippen LogP contribution in [0, 0.1) is 6.92 Å². The molecule has 0 saturated carbocycles. The summed E-state index contributed by atoms with van der Waals surface area (Å²) in [6.07, 6.45) is 4.79. The van der Waals surface area contributed by atoms with Crippen LogP contribution in [0.15, 0.2) is 108 Å². The number of nitrogens with one attached hydrogen (secondary N) is 3. The van der Waals surface area contributed by atoms with Crippen LogP contribution in [-0.2, 0) is 9.59 Å². The van der Waals surface area contributed by atoms with Crippen LogP contribution < -0.4 is 16.0 Å². The third kappa shape index (κ3) is 7.81. The summed E-state index contributed by atoms with van der Waals surface area (Å²) in [4.78, 5) is 43.6. The van der Waals surface area contributed by atoms with E-state index in [2.05, 4.69) is 20.9 Å². The summed E-state index contributed by atoms with van der Waals surface area (Å²) in [6, 6.07) is 24.7. The first-order valence-electron chi connectivity index (χ1n) is 12.4. The van der Waals surface area contributed by atoms with Crippen LogP contribution in [0.5, 0.6) is 0 Å². The third-order valence-electron chi connectivity index (χ3n) is 5.84. The predicted molar refractivity (Wildman–Crippen MR) is 161 cm³/mol. The highest BCUT2D eigenvalue weighted by Crippen LogP contribution is 2.28. The number of hydrogen-bond donors (Lipinski definition) is 3. The van der Waals surface area contributed by atoms with Gasteiger partial charge in [-0.05, 0) is 85.6 Å². The molecule has 9 heteroatoms. The van der Waals surface area contributed by atoms with Crippen LogP contribution in [0.1, 0.15) is 28.4 Å². The zero-order valence-corrected chi connectivity index (χ0v) is 23.4. The van der Waals surface area contributed by atoms with Crippen LogP contribution in [0.25, 0.3) is 6.08 Å². The quantitative estimate of drug-likeness (QED) is 0.156. The first kappa shape index (κ1) is 28.6. The number of halogens is 1. The second-order valence-corrected chi connectivity index (χ2v) is 10.6. The fraction of sp³-hybridized carbons (Fsp3) is 0.0968. The molecule has 0 spiro atoms. The van der Waals surface area contributed by atoms with Crippen molar-refractivity contribution in [3.63, 3.8) is 0 Å². The summed E-state index contributed by atoms with van der Waals surface area (Å²) < 4.78 is 0. The van der Waals surface area contributed by atoms with Gasteiger partial charge in [-0.25, -0.2) is 0 Å². The van der Waals surface area contributed by atoms with Gasteiger partial charge < -0.3 is 16.0 Å². The number of benzene rings is 3. The molecule has 3 aromatic carbocycles. The number of rotatable bonds is 9. The minimum atomic E-state index is -0.488. The number of thioether (sulfide) groups is 1. The van der Waals surface area contributed by atoms with Gasteiger partial charge in [-0.3, -0.25) is 19.4 Å². The van der Waals surface area contributed by atoms with Crippen molar-refractivity contribution in [3.05, 3.63) is 125 Å². The van der Waals surface area contributed by atoms with Crippen molar-refractivity contribution in [2.75, 3.05) is 10.6 Å². The van der Waals surface area contributed by atoms with Crippen molar-refractivity contribution in [2.45, 2.75) is 24.0 Å². The second-order valence-electron chi connectivity index (χ2n) is 8.80. The molecular weight excluding hydrogens is 544 g/mol. The maximum atomic E-state index is 13.2. The van der Waals surface area contributed by atoms with Crippen molar-refractivity contribution < 1.29 is 14.4 Å². The number of carbonyl (C=O) groups excluding carboxylic acids is 3. The number of hydrogen-bond acceptors (Lipinski definition) is 5. The molecular formula is C31H27ClN4O3S. The van der Waals surface area contributed by atoms with E-state index in [1.54, 1.807) is 79.1 Å². The molecule has 0 saturated heterocycles. The Bertz CT molecular complexity index is 1530. The monoisotopic (exact) mass is 570 g/mol. The van der Waals surface area contributed by atoms with Crippen molar-refractivity contribution >= 4 is 58.5 Å². The predicted octanol–water partition coefficient (Wildman–Crippen LogP) is 6.57. The summed E-state index contributed by atoms with van der Waals surface area (Å²) in [7, 11) is 0. The summed E-state index contributed by atoms with van der Waals surface area (Å²) in [6.45, 7) is 3.67. The van der Waals surface area contributed by atoms with Gasteiger partial charge in [0, 0.05) is 39.3 Å². The molecule has 1 atom stereocenters. The van der Waals surface area contributed by atoms with Gasteiger partial charge in [-0.1, -0.05) is 41.9 Å². The van der Waals surface area contributed by atoms with Crippen LogP contribution in [0.3, 0.4) is 0 Å². The van der Waals surface area contributed by atoms with Crippen molar-refractivity contribution in [2.24, 2.45) is 0 Å². The Morgan fingerprint density at radius 1 is 0.900 bits per heavy atom. The molecule has 0 aliphatic rings. The molecule has 0 radical (unpaired) electrons. The molecule has 0 aliphatic carbocycles. The summed E-state index contributed by atoms with van der Waals surface area (Å²) >= 11 is 7.55. The highest BCUT2D eigenvalue weighted by Gasteiger charge is 2.17. The van der Waals surface area contributed by atoms with E-state index in [0.717, 1.165) is 10.5 Å². The lowest BCUT2D eigenvalue weighted by molar-refractivity contribution is -0.115. The molecule has 40 heavy (non-hydrogen) atoms. The van der Waals surface area contributed by atoms with Crippen molar-refractivity contribution in [1.82, 2.24) is 10.3 Å². The summed E-state index contributed by atoms with van der Waals surface area (Å²) in [5.41, 5.74) is 3.18. The lowest BCUT2D eigenvalue weighted by Crippen LogP contribution is -2.30. The number of nitrogens with zero attached hydrogens (tertiary/aromatic N) is 1. The molecule has 4 aromatic rings. The van der Waals surface area contributed by atoms with E-state index >= 15 is 0 Å². The van der Waals surface area contributed by atoms with E-state index in [1.165, 1.54) is 11.8 Å². The van der Waals surface area contributed by atoms with E-state index in [-0.39, 0.29) is 16.9 Å². The van der Waals surface area contributed by atoms with Crippen molar-refractivity contribution in [3.8, 4) is 0 Å². The summed E-state index contributed by atoms with van der Waals surface area (Å²) in [5.74, 6) is -1.04. The molecule has 3 N–H and O–H groups in total. The third-order valence-corrected chi connectivity index (χ3v) is 7.37. The van der Waals surface area contributed by atoms with Gasteiger partial charge in [0.2, 0.25) is 5.91 Å². The molecule has 1 aromatic heterocycles. The van der Waals surface area contributed by atoms with E-state index in [4.69, 9.17) is 11.6 Å². The zero-order chi connectivity index (χ0) is 28.5. The van der Waals surface area contributed by atoms with Gasteiger partial charge in [0.15, 0.2) is 0 Å². The SMILES string of the molecule is Cc1c(Cl)cccc1NC(=O)C(C)Sc1ccc(NC(=O)/C(=C/c2cccnc2)NC(=O)c2ccccc2)cc1. The Kier molecular flexibility index (Phi) is 9.72. The summed E-state index contributed by atoms with van der Waals surface area (Å²) in [5, 5.41) is 8.67. The van der Waals surface area contributed by atoms with E-state index in [1.807, 2.05) is 38.1 Å². The molecule has 0 aliphatic heterocycles. The highest BCUT2D eigenvalue weighted by molar-refractivity contribution is 8.00. The normalized spacial score (nSPS) is 11.8. The molecule has 4 rings (SSSR count). The molecule has 202 valence electrons. The lowest BCUT2D eigenvalue weighted by Gasteiger charge is -2.15. The van der Waals surface area contributed by atoms with E-state index in [0.29, 0.717) is 27.5 Å². The van der Waals surface area contributed by atoms with Crippen LogP contribution in [-0.4, -0.2) is 28.0 Å². The fourth-order valence-electron chi connectivity index (χ4n) is 3.62. The first-order valence-corrected chi connectivity index (χ1v) is 13.7. The number of pyridine rings is 1. The zero-order valence-electron chi connectivity index (χ0n) is 21.9. The molecule has 1 unspecified atom stereocenters. The average molecular weight is 571 g/mol. The van der Waals surface area contributed by atoms with E-state index < -0.39 is 11.8 Å². The minimum absolute atomic E-state index is 0.0712. The molecule has 0 bridgehead atoms. The lowest BCUT2D eigenvalue weighted by atomic mass is 10.2. The molecule has 1 heterocycles. The Labute approximate surface area is 242 Å². The maximum absolute atomic E-state index is 13.2. The number of aromatic nitrogens is 1. The van der Waals surface area contributed by atoms with E-state index in [9.17, 15) is 14.4 Å². The fourth-order valence-corrected chi connectivity index (χ4v) is 4.66. The van der Waals surface area contributed by atoms with Crippen LogP contribution in [0.4, 0.5) is 11.4 Å². The highest BCUT2D eigenvalue weighted by atomic mass is 35.5. The Balaban J connectivity index is 1.41. The minimum Gasteiger partial charge on any atom is -0.325 e. The molecule has 3 amide bonds. The van der Waals surface area contributed by atoms with Gasteiger partial charge in [0.25, 0.3) is 11.8 Å². The topological polar surface area (TPSA) is 100 Å². The Hall–Kier alpha value is -4.40. The average Bonchev–Trinajstić information content (AvgIpc) is 2.97. The number of anilines is 2. The van der Waals surface area contributed by atoms with Crippen LogP contribution >= 0.6 is 23.4 Å². The Morgan fingerprint density at radius 2 is 1.65 bits per heavy atom. The molecule has 7 nitrogen and oxygen atoms in total. The van der Waals surface area contributed by atoms with Gasteiger partial charge >= 0.3 is 0 Å². The van der Waals surface area contributed by atoms with Crippen molar-refractivity contribution in [1.29, 1.82) is 0 Å². The standard InChI is InChI=1S/C31H27ClN4O3S/c1-20-26(32)11-6-12-27(20)35-29(37)21(2)40-25-15-13-24(14-16-25)34-31(39)28(18-22-8-7-17-33-19-22)36-30(38)23-9-4-3-5-10-23/h3-19,21H,1-2H3,(H,34,39)(H,35,37)(H,36,38)/b28-18-. The smallest absolute Gasteiger partial charge is 0.272 e. The van der Waals surface area contributed by atoms with Gasteiger partial charge in [-0.2, -0.15) is 0 Å². The Morgan fingerprint density at radius 3 is 2.35 bits per heavy atom. The van der Waals surface area contributed by atoms with Crippen LogP contribution in [0.2, 0.25) is 5.02 Å². The second kappa shape index (κ2) is 13.6.